The number of anilines is 1. The standard InChI is InChI=1S/C22H22ClN3O3/c1-14(2)19(26-22(28)24-17-9-4-3-5-10-17)21(27)29-13-16-12-15-8-6-7-11-18(15)25-20(16)23/h3-12,14,19H,13H2,1-2H3,(H2,24,26,28)/t19-/m0/s1. The number of aromatic nitrogens is 1. The summed E-state index contributed by atoms with van der Waals surface area (Å²) >= 11 is 6.22. The van der Waals surface area contributed by atoms with Crippen LogP contribution in [0.25, 0.3) is 10.9 Å². The van der Waals surface area contributed by atoms with E-state index in [0.717, 1.165) is 10.9 Å². The molecule has 2 aromatic carbocycles. The number of para-hydroxylation sites is 2. The molecule has 29 heavy (non-hydrogen) atoms. The van der Waals surface area contributed by atoms with E-state index < -0.39 is 18.0 Å². The predicted molar refractivity (Wildman–Crippen MR) is 114 cm³/mol. The van der Waals surface area contributed by atoms with Crippen molar-refractivity contribution in [3.05, 3.63) is 71.4 Å². The summed E-state index contributed by atoms with van der Waals surface area (Å²) in [5.74, 6) is -0.693. The van der Waals surface area contributed by atoms with Gasteiger partial charge in [0.15, 0.2) is 0 Å². The van der Waals surface area contributed by atoms with Crippen LogP contribution in [-0.2, 0) is 16.1 Å². The second-order valence-corrected chi connectivity index (χ2v) is 7.28. The first-order valence-electron chi connectivity index (χ1n) is 9.27. The van der Waals surface area contributed by atoms with Gasteiger partial charge in [-0.15, -0.1) is 0 Å². The van der Waals surface area contributed by atoms with E-state index in [1.165, 1.54) is 0 Å². The van der Waals surface area contributed by atoms with Gasteiger partial charge in [-0.2, -0.15) is 0 Å². The van der Waals surface area contributed by atoms with E-state index in [1.807, 2.05) is 62.4 Å². The highest BCUT2D eigenvalue weighted by Gasteiger charge is 2.26. The number of nitrogens with zero attached hydrogens (tertiary/aromatic N) is 1. The van der Waals surface area contributed by atoms with Crippen molar-refractivity contribution in [3.63, 3.8) is 0 Å². The van der Waals surface area contributed by atoms with E-state index in [4.69, 9.17) is 16.3 Å². The van der Waals surface area contributed by atoms with E-state index >= 15 is 0 Å². The van der Waals surface area contributed by atoms with Crippen molar-refractivity contribution in [2.75, 3.05) is 5.32 Å². The van der Waals surface area contributed by atoms with Crippen molar-refractivity contribution in [2.24, 2.45) is 5.92 Å². The van der Waals surface area contributed by atoms with Crippen molar-refractivity contribution >= 4 is 40.2 Å². The molecule has 6 nitrogen and oxygen atoms in total. The first kappa shape index (κ1) is 20.6. The van der Waals surface area contributed by atoms with Crippen LogP contribution in [0.5, 0.6) is 0 Å². The molecule has 0 spiro atoms. The fourth-order valence-corrected chi connectivity index (χ4v) is 3.00. The zero-order chi connectivity index (χ0) is 20.8. The molecular weight excluding hydrogens is 390 g/mol. The third-order valence-corrected chi connectivity index (χ3v) is 4.69. The Bertz CT molecular complexity index is 1010. The Morgan fingerprint density at radius 2 is 1.76 bits per heavy atom. The highest BCUT2D eigenvalue weighted by molar-refractivity contribution is 6.30. The number of esters is 1. The first-order valence-corrected chi connectivity index (χ1v) is 9.65. The summed E-state index contributed by atoms with van der Waals surface area (Å²) in [6.45, 7) is 3.64. The summed E-state index contributed by atoms with van der Waals surface area (Å²) in [5.41, 5.74) is 2.01. The van der Waals surface area contributed by atoms with Crippen molar-refractivity contribution < 1.29 is 14.3 Å². The van der Waals surface area contributed by atoms with E-state index in [1.54, 1.807) is 12.1 Å². The Labute approximate surface area is 174 Å². The highest BCUT2D eigenvalue weighted by Crippen LogP contribution is 2.21. The van der Waals surface area contributed by atoms with Crippen molar-refractivity contribution in [1.29, 1.82) is 0 Å². The van der Waals surface area contributed by atoms with Crippen LogP contribution < -0.4 is 10.6 Å². The molecule has 0 unspecified atom stereocenters. The number of pyridine rings is 1. The number of hydrogen-bond acceptors (Lipinski definition) is 4. The van der Waals surface area contributed by atoms with Crippen molar-refractivity contribution in [2.45, 2.75) is 26.5 Å². The molecule has 0 aliphatic heterocycles. The SMILES string of the molecule is CC(C)[C@H](NC(=O)Nc1ccccc1)C(=O)OCc1cc2ccccc2nc1Cl. The molecule has 0 aliphatic rings. The van der Waals surface area contributed by atoms with Crippen LogP contribution in [0.2, 0.25) is 5.15 Å². The van der Waals surface area contributed by atoms with Crippen LogP contribution in [0.1, 0.15) is 19.4 Å². The molecule has 3 rings (SSSR count). The molecule has 0 saturated carbocycles. The Morgan fingerprint density at radius 1 is 1.07 bits per heavy atom. The molecule has 0 fully saturated rings. The highest BCUT2D eigenvalue weighted by atomic mass is 35.5. The molecule has 7 heteroatoms. The lowest BCUT2D eigenvalue weighted by molar-refractivity contribution is -0.148. The van der Waals surface area contributed by atoms with E-state index in [2.05, 4.69) is 15.6 Å². The molecule has 0 saturated heterocycles. The number of fused-ring (bicyclic) bond motifs is 1. The molecule has 2 amide bonds. The third kappa shape index (κ3) is 5.45. The minimum absolute atomic E-state index is 0.0271. The van der Waals surface area contributed by atoms with Gasteiger partial charge >= 0.3 is 12.0 Å². The van der Waals surface area contributed by atoms with Crippen LogP contribution in [0.4, 0.5) is 10.5 Å². The maximum Gasteiger partial charge on any atom is 0.329 e. The number of amides is 2. The molecule has 1 aromatic heterocycles. The van der Waals surface area contributed by atoms with E-state index in [-0.39, 0.29) is 17.7 Å². The minimum atomic E-state index is -0.800. The fraction of sp³-hybridized carbons (Fsp3) is 0.227. The molecular formula is C22H22ClN3O3. The Kier molecular flexibility index (Phi) is 6.67. The monoisotopic (exact) mass is 411 g/mol. The van der Waals surface area contributed by atoms with Crippen LogP contribution >= 0.6 is 11.6 Å². The summed E-state index contributed by atoms with van der Waals surface area (Å²) in [6, 6.07) is 17.1. The number of hydrogen-bond donors (Lipinski definition) is 2. The Balaban J connectivity index is 1.64. The van der Waals surface area contributed by atoms with Gasteiger partial charge in [0, 0.05) is 16.6 Å². The van der Waals surface area contributed by atoms with Crippen LogP contribution in [0, 0.1) is 5.92 Å². The van der Waals surface area contributed by atoms with Gasteiger partial charge in [0.05, 0.1) is 5.52 Å². The van der Waals surface area contributed by atoms with Crippen LogP contribution in [0.3, 0.4) is 0 Å². The first-order chi connectivity index (χ1) is 13.9. The largest absolute Gasteiger partial charge is 0.459 e. The van der Waals surface area contributed by atoms with Gasteiger partial charge in [-0.25, -0.2) is 14.6 Å². The fourth-order valence-electron chi connectivity index (χ4n) is 2.80. The number of carbonyl (C=O) groups excluding carboxylic acids is 2. The zero-order valence-electron chi connectivity index (χ0n) is 16.2. The van der Waals surface area contributed by atoms with Crippen LogP contribution in [-0.4, -0.2) is 23.0 Å². The van der Waals surface area contributed by atoms with Gasteiger partial charge in [0.2, 0.25) is 0 Å². The lowest BCUT2D eigenvalue weighted by atomic mass is 10.1. The normalized spacial score (nSPS) is 11.9. The number of benzene rings is 2. The molecule has 1 atom stereocenters. The second kappa shape index (κ2) is 9.39. The summed E-state index contributed by atoms with van der Waals surface area (Å²) in [7, 11) is 0. The van der Waals surface area contributed by atoms with Gasteiger partial charge in [-0.05, 0) is 30.2 Å². The number of carbonyl (C=O) groups is 2. The number of rotatable bonds is 6. The Morgan fingerprint density at radius 3 is 2.48 bits per heavy atom. The smallest absolute Gasteiger partial charge is 0.329 e. The number of halogens is 1. The molecule has 2 N–H and O–H groups in total. The summed E-state index contributed by atoms with van der Waals surface area (Å²) in [6.07, 6.45) is 0. The molecule has 0 aliphatic carbocycles. The molecule has 3 aromatic rings. The van der Waals surface area contributed by atoms with Crippen LogP contribution in [0.15, 0.2) is 60.7 Å². The second-order valence-electron chi connectivity index (χ2n) is 6.92. The molecule has 0 radical (unpaired) electrons. The van der Waals surface area contributed by atoms with Gasteiger partial charge < -0.3 is 15.4 Å². The summed E-state index contributed by atoms with van der Waals surface area (Å²) in [5, 5.41) is 6.56. The van der Waals surface area contributed by atoms with Gasteiger partial charge in [-0.1, -0.05) is 61.8 Å². The predicted octanol–water partition coefficient (Wildman–Crippen LogP) is 4.78. The average molecular weight is 412 g/mol. The summed E-state index contributed by atoms with van der Waals surface area (Å²) in [4.78, 5) is 29.2. The van der Waals surface area contributed by atoms with E-state index in [9.17, 15) is 9.59 Å². The summed E-state index contributed by atoms with van der Waals surface area (Å²) < 4.78 is 5.43. The Hall–Kier alpha value is -3.12. The van der Waals surface area contributed by atoms with Crippen molar-refractivity contribution in [3.8, 4) is 0 Å². The van der Waals surface area contributed by atoms with E-state index in [0.29, 0.717) is 11.3 Å². The van der Waals surface area contributed by atoms with Gasteiger partial charge in [0.1, 0.15) is 17.8 Å². The maximum atomic E-state index is 12.6. The van der Waals surface area contributed by atoms with Crippen molar-refractivity contribution in [1.82, 2.24) is 10.3 Å². The quantitative estimate of drug-likeness (QED) is 0.452. The molecule has 0 bridgehead atoms. The minimum Gasteiger partial charge on any atom is -0.459 e. The molecule has 1 heterocycles. The average Bonchev–Trinajstić information content (AvgIpc) is 2.70. The lowest BCUT2D eigenvalue weighted by Gasteiger charge is -2.21. The molecule has 150 valence electrons. The zero-order valence-corrected chi connectivity index (χ0v) is 16.9. The lowest BCUT2D eigenvalue weighted by Crippen LogP contribution is -2.47. The number of urea groups is 1. The van der Waals surface area contributed by atoms with Gasteiger partial charge in [-0.3, -0.25) is 0 Å². The van der Waals surface area contributed by atoms with Gasteiger partial charge in [0.25, 0.3) is 0 Å². The number of nitrogens with one attached hydrogen (secondary N) is 2. The third-order valence-electron chi connectivity index (χ3n) is 4.36. The number of ether oxygens (including phenoxy) is 1. The topological polar surface area (TPSA) is 80.3 Å². The maximum absolute atomic E-state index is 12.6.